The van der Waals surface area contributed by atoms with Crippen molar-refractivity contribution in [2.75, 3.05) is 0 Å². The number of hydrogen-bond acceptors (Lipinski definition) is 8. The fourth-order valence-electron chi connectivity index (χ4n) is 3.27. The number of unbranched alkanes of at least 4 members (excludes halogenated alkanes) is 5. The first-order valence-electron chi connectivity index (χ1n) is 12.0. The van der Waals surface area contributed by atoms with Crippen molar-refractivity contribution in [3.8, 4) is 5.75 Å². The van der Waals surface area contributed by atoms with Gasteiger partial charge in [0, 0.05) is 18.6 Å². The number of esters is 1. The van der Waals surface area contributed by atoms with Crippen molar-refractivity contribution in [3.63, 3.8) is 0 Å². The van der Waals surface area contributed by atoms with Gasteiger partial charge in [0.1, 0.15) is 5.75 Å². The molecule has 0 atom stereocenters. The highest BCUT2D eigenvalue weighted by Crippen LogP contribution is 2.25. The van der Waals surface area contributed by atoms with Gasteiger partial charge in [-0.1, -0.05) is 39.0 Å². The normalized spacial score (nSPS) is 11.2. The number of rotatable bonds is 13. The van der Waals surface area contributed by atoms with Crippen LogP contribution in [0.3, 0.4) is 0 Å². The average Bonchev–Trinajstić information content (AvgIpc) is 2.90. The van der Waals surface area contributed by atoms with Crippen LogP contribution in [0.5, 0.6) is 5.75 Å². The van der Waals surface area contributed by atoms with Crippen LogP contribution in [-0.4, -0.2) is 10.9 Å². The summed E-state index contributed by atoms with van der Waals surface area (Å²) in [5.41, 5.74) is 2.40. The monoisotopic (exact) mass is 487 g/mol. The van der Waals surface area contributed by atoms with Crippen LogP contribution in [0.15, 0.2) is 93.3 Å². The van der Waals surface area contributed by atoms with E-state index in [1.807, 2.05) is 0 Å². The first-order valence-corrected chi connectivity index (χ1v) is 12.0. The second-order valence-corrected chi connectivity index (χ2v) is 8.18. The third-order valence-electron chi connectivity index (χ3n) is 5.27. The molecule has 9 nitrogen and oxygen atoms in total. The van der Waals surface area contributed by atoms with Crippen molar-refractivity contribution in [1.82, 2.24) is 0 Å². The zero-order valence-electron chi connectivity index (χ0n) is 20.2. The Balaban J connectivity index is 1.45. The molecule has 0 aliphatic rings. The fourth-order valence-corrected chi connectivity index (χ4v) is 3.27. The molecule has 3 rings (SSSR count). The van der Waals surface area contributed by atoms with Crippen LogP contribution in [0, 0.1) is 10.1 Å². The summed E-state index contributed by atoms with van der Waals surface area (Å²) in [5.74, 6) is 0.276. The molecular formula is C27H29N5O4. The molecule has 9 heteroatoms. The molecule has 0 saturated carbocycles. The molecule has 3 aromatic rings. The summed E-state index contributed by atoms with van der Waals surface area (Å²) in [7, 11) is 0. The molecule has 0 saturated heterocycles. The molecule has 0 bridgehead atoms. The number of hydrogen-bond donors (Lipinski definition) is 0. The molecule has 0 spiro atoms. The molecule has 0 radical (unpaired) electrons. The van der Waals surface area contributed by atoms with Crippen molar-refractivity contribution in [1.29, 1.82) is 0 Å². The number of benzene rings is 3. The van der Waals surface area contributed by atoms with E-state index in [4.69, 9.17) is 4.74 Å². The van der Waals surface area contributed by atoms with Gasteiger partial charge < -0.3 is 4.74 Å². The van der Waals surface area contributed by atoms with Crippen LogP contribution in [0.4, 0.5) is 28.4 Å². The number of nitro groups is 1. The number of nitrogens with zero attached hydrogens (tertiary/aromatic N) is 5. The summed E-state index contributed by atoms with van der Waals surface area (Å²) in [6.07, 6.45) is 7.18. The zero-order chi connectivity index (χ0) is 25.6. The maximum absolute atomic E-state index is 12.0. The Labute approximate surface area is 210 Å². The Morgan fingerprint density at radius 1 is 0.694 bits per heavy atom. The van der Waals surface area contributed by atoms with E-state index in [0.29, 0.717) is 34.9 Å². The van der Waals surface area contributed by atoms with Crippen LogP contribution in [0.1, 0.15) is 51.9 Å². The molecule has 0 amide bonds. The maximum atomic E-state index is 12.0. The van der Waals surface area contributed by atoms with Gasteiger partial charge >= 0.3 is 5.97 Å². The highest BCUT2D eigenvalue weighted by molar-refractivity contribution is 5.72. The molecular weight excluding hydrogens is 458 g/mol. The third kappa shape index (κ3) is 9.17. The van der Waals surface area contributed by atoms with Crippen molar-refractivity contribution < 1.29 is 14.5 Å². The second-order valence-electron chi connectivity index (χ2n) is 8.18. The third-order valence-corrected chi connectivity index (χ3v) is 5.27. The van der Waals surface area contributed by atoms with Crippen LogP contribution in [0.25, 0.3) is 0 Å². The molecule has 0 aliphatic heterocycles. The molecule has 3 aromatic carbocycles. The summed E-state index contributed by atoms with van der Waals surface area (Å²) in [5, 5.41) is 27.3. The van der Waals surface area contributed by atoms with Gasteiger partial charge in [0.25, 0.3) is 5.69 Å². The van der Waals surface area contributed by atoms with Crippen molar-refractivity contribution >= 4 is 34.4 Å². The molecule has 0 fully saturated rings. The number of carbonyl (C=O) groups excluding carboxylic acids is 1. The van der Waals surface area contributed by atoms with Gasteiger partial charge in [0.05, 0.1) is 27.7 Å². The van der Waals surface area contributed by atoms with E-state index >= 15 is 0 Å². The summed E-state index contributed by atoms with van der Waals surface area (Å²) >= 11 is 0. The van der Waals surface area contributed by atoms with E-state index in [9.17, 15) is 14.9 Å². The van der Waals surface area contributed by atoms with E-state index in [0.717, 1.165) is 19.3 Å². The van der Waals surface area contributed by atoms with E-state index in [1.54, 1.807) is 48.5 Å². The predicted octanol–water partition coefficient (Wildman–Crippen LogP) is 9.08. The Kier molecular flexibility index (Phi) is 10.4. The maximum Gasteiger partial charge on any atom is 0.311 e. The van der Waals surface area contributed by atoms with Crippen molar-refractivity contribution in [2.45, 2.75) is 51.9 Å². The fraction of sp³-hybridized carbons (Fsp3) is 0.296. The Hall–Kier alpha value is -4.27. The van der Waals surface area contributed by atoms with E-state index in [2.05, 4.69) is 27.4 Å². The van der Waals surface area contributed by atoms with Crippen LogP contribution < -0.4 is 4.74 Å². The van der Waals surface area contributed by atoms with Crippen LogP contribution in [-0.2, 0) is 4.79 Å². The minimum atomic E-state index is -0.463. The molecule has 0 unspecified atom stereocenters. The quantitative estimate of drug-likeness (QED) is 0.0596. The Morgan fingerprint density at radius 2 is 1.11 bits per heavy atom. The molecule has 186 valence electrons. The first kappa shape index (κ1) is 26.3. The number of non-ortho nitro benzene ring substituents is 1. The zero-order valence-corrected chi connectivity index (χ0v) is 20.2. The minimum absolute atomic E-state index is 0.00261. The summed E-state index contributed by atoms with van der Waals surface area (Å²) in [4.78, 5) is 22.2. The van der Waals surface area contributed by atoms with Gasteiger partial charge in [-0.15, -0.1) is 0 Å². The van der Waals surface area contributed by atoms with Gasteiger partial charge in [0.15, 0.2) is 0 Å². The smallest absolute Gasteiger partial charge is 0.311 e. The van der Waals surface area contributed by atoms with Gasteiger partial charge in [-0.05, 0) is 67.1 Å². The van der Waals surface area contributed by atoms with E-state index in [1.165, 1.54) is 43.5 Å². The Morgan fingerprint density at radius 3 is 1.58 bits per heavy atom. The molecule has 0 N–H and O–H groups in total. The van der Waals surface area contributed by atoms with Gasteiger partial charge in [-0.25, -0.2) is 0 Å². The van der Waals surface area contributed by atoms with E-state index in [-0.39, 0.29) is 11.7 Å². The lowest BCUT2D eigenvalue weighted by molar-refractivity contribution is -0.384. The van der Waals surface area contributed by atoms with Gasteiger partial charge in [-0.3, -0.25) is 14.9 Å². The average molecular weight is 488 g/mol. The Bertz CT molecular complexity index is 1170. The lowest BCUT2D eigenvalue weighted by Crippen LogP contribution is -2.07. The summed E-state index contributed by atoms with van der Waals surface area (Å²) < 4.78 is 5.38. The van der Waals surface area contributed by atoms with Gasteiger partial charge in [-0.2, -0.15) is 20.5 Å². The molecule has 36 heavy (non-hydrogen) atoms. The first-order chi connectivity index (χ1) is 17.5. The van der Waals surface area contributed by atoms with E-state index < -0.39 is 4.92 Å². The number of carbonyl (C=O) groups is 1. The lowest BCUT2D eigenvalue weighted by atomic mass is 10.1. The highest BCUT2D eigenvalue weighted by atomic mass is 16.6. The lowest BCUT2D eigenvalue weighted by Gasteiger charge is -2.04. The summed E-state index contributed by atoms with van der Waals surface area (Å²) in [6, 6.07) is 19.7. The number of azo groups is 2. The molecule has 0 heterocycles. The largest absolute Gasteiger partial charge is 0.427 e. The second kappa shape index (κ2) is 14.2. The molecule has 0 aromatic heterocycles. The summed E-state index contributed by atoms with van der Waals surface area (Å²) in [6.45, 7) is 2.18. The van der Waals surface area contributed by atoms with Crippen LogP contribution in [0.2, 0.25) is 0 Å². The standard InChI is InChI=1S/C27H29N5O4/c1-2-3-4-5-6-7-8-27(33)36-26-19-15-24(16-20-26)31-29-22-11-9-21(10-12-22)28-30-23-13-17-25(18-14-23)32(34)35/h9-20H,2-8H2,1H3. The number of nitro benzene ring substituents is 1. The minimum Gasteiger partial charge on any atom is -0.427 e. The van der Waals surface area contributed by atoms with Crippen LogP contribution >= 0.6 is 0 Å². The topological polar surface area (TPSA) is 119 Å². The molecule has 0 aliphatic carbocycles. The van der Waals surface area contributed by atoms with Gasteiger partial charge in [0.2, 0.25) is 0 Å². The predicted molar refractivity (Wildman–Crippen MR) is 138 cm³/mol. The SMILES string of the molecule is CCCCCCCCC(=O)Oc1ccc(N=Nc2ccc(N=Nc3ccc([N+](=O)[O-])cc3)cc2)cc1. The number of ether oxygens (including phenoxy) is 1. The highest BCUT2D eigenvalue weighted by Gasteiger charge is 2.05. The van der Waals surface area contributed by atoms with Crippen molar-refractivity contribution in [2.24, 2.45) is 20.5 Å². The van der Waals surface area contributed by atoms with Crippen molar-refractivity contribution in [3.05, 3.63) is 82.9 Å².